The van der Waals surface area contributed by atoms with Crippen LogP contribution >= 0.6 is 0 Å². The Morgan fingerprint density at radius 3 is 2.58 bits per heavy atom. The number of piperidine rings is 1. The molecule has 0 saturated carbocycles. The molecule has 0 N–H and O–H groups in total. The predicted molar refractivity (Wildman–Crippen MR) is 111 cm³/mol. The van der Waals surface area contributed by atoms with E-state index in [1.54, 1.807) is 13.0 Å². The van der Waals surface area contributed by atoms with Gasteiger partial charge in [0.05, 0.1) is 19.3 Å². The molecule has 0 amide bonds. The summed E-state index contributed by atoms with van der Waals surface area (Å²) in [6.07, 6.45) is 2.27. The highest BCUT2D eigenvalue weighted by Gasteiger charge is 2.41. The van der Waals surface area contributed by atoms with Crippen LogP contribution in [0.25, 0.3) is 0 Å². The molecular formula is C22H28F2N4O3. The smallest absolute Gasteiger partial charge is 0.353 e. The van der Waals surface area contributed by atoms with Gasteiger partial charge in [0.1, 0.15) is 17.8 Å². The number of halogens is 2. The van der Waals surface area contributed by atoms with Gasteiger partial charge in [0.2, 0.25) is 0 Å². The third-order valence-electron chi connectivity index (χ3n) is 6.50. The van der Waals surface area contributed by atoms with Gasteiger partial charge in [-0.1, -0.05) is 12.1 Å². The fourth-order valence-corrected chi connectivity index (χ4v) is 4.82. The summed E-state index contributed by atoms with van der Waals surface area (Å²) in [6.45, 7) is 1.81. The van der Waals surface area contributed by atoms with E-state index in [1.807, 2.05) is 6.07 Å². The van der Waals surface area contributed by atoms with Crippen LogP contribution < -0.4 is 11.4 Å². The summed E-state index contributed by atoms with van der Waals surface area (Å²) in [5.41, 5.74) is -0.458. The maximum Gasteiger partial charge on any atom is 0.353 e. The van der Waals surface area contributed by atoms with E-state index in [2.05, 4.69) is 9.88 Å². The molecule has 2 aliphatic heterocycles. The van der Waals surface area contributed by atoms with E-state index in [1.165, 1.54) is 23.7 Å². The van der Waals surface area contributed by atoms with E-state index in [9.17, 15) is 18.4 Å². The number of hydrogen-bond acceptors (Lipinski definition) is 5. The molecule has 3 heterocycles. The van der Waals surface area contributed by atoms with Crippen LogP contribution in [0.5, 0.6) is 0 Å². The van der Waals surface area contributed by atoms with Crippen molar-refractivity contribution >= 4 is 0 Å². The van der Waals surface area contributed by atoms with E-state index >= 15 is 0 Å². The van der Waals surface area contributed by atoms with Crippen molar-refractivity contribution in [1.29, 1.82) is 0 Å². The van der Waals surface area contributed by atoms with Gasteiger partial charge in [-0.3, -0.25) is 9.47 Å². The first kappa shape index (κ1) is 21.8. The lowest BCUT2D eigenvalue weighted by molar-refractivity contribution is -0.0342. The van der Waals surface area contributed by atoms with Crippen molar-refractivity contribution < 1.29 is 13.5 Å². The number of benzene rings is 1. The summed E-state index contributed by atoms with van der Waals surface area (Å²) in [6, 6.07) is 6.82. The molecule has 9 heteroatoms. The Bertz CT molecular complexity index is 1040. The van der Waals surface area contributed by atoms with Crippen molar-refractivity contribution in [3.63, 3.8) is 0 Å². The molecule has 2 bridgehead atoms. The van der Waals surface area contributed by atoms with Crippen molar-refractivity contribution in [3.05, 3.63) is 62.4 Å². The lowest BCUT2D eigenvalue weighted by Crippen LogP contribution is -2.50. The monoisotopic (exact) mass is 434 g/mol. The van der Waals surface area contributed by atoms with Gasteiger partial charge >= 0.3 is 11.4 Å². The van der Waals surface area contributed by atoms with Gasteiger partial charge in [0.15, 0.2) is 0 Å². The summed E-state index contributed by atoms with van der Waals surface area (Å²) in [5, 5.41) is 0. The topological polar surface area (TPSA) is 69.4 Å². The van der Waals surface area contributed by atoms with E-state index in [0.717, 1.165) is 35.8 Å². The van der Waals surface area contributed by atoms with Gasteiger partial charge in [-0.2, -0.15) is 4.98 Å². The molecule has 0 aliphatic carbocycles. The van der Waals surface area contributed by atoms with Crippen LogP contribution in [-0.4, -0.2) is 49.9 Å². The Balaban J connectivity index is 1.34. The van der Waals surface area contributed by atoms with Gasteiger partial charge in [0.25, 0.3) is 0 Å². The number of rotatable bonds is 7. The van der Waals surface area contributed by atoms with Crippen LogP contribution in [0.4, 0.5) is 8.78 Å². The van der Waals surface area contributed by atoms with Crippen LogP contribution in [0.1, 0.15) is 37.1 Å². The van der Waals surface area contributed by atoms with Gasteiger partial charge in [-0.25, -0.2) is 22.9 Å². The Morgan fingerprint density at radius 1 is 1.19 bits per heavy atom. The quantitative estimate of drug-likeness (QED) is 0.666. The van der Waals surface area contributed by atoms with Gasteiger partial charge in [-0.05, 0) is 50.3 Å². The molecule has 2 aliphatic rings. The Kier molecular flexibility index (Phi) is 6.34. The summed E-state index contributed by atoms with van der Waals surface area (Å²) in [7, 11) is 1.52. The summed E-state index contributed by atoms with van der Waals surface area (Å²) in [4.78, 5) is 30.3. The lowest BCUT2D eigenvalue weighted by Gasteiger charge is -2.39. The summed E-state index contributed by atoms with van der Waals surface area (Å²) >= 11 is 0. The van der Waals surface area contributed by atoms with E-state index in [0.29, 0.717) is 12.4 Å². The highest BCUT2D eigenvalue weighted by Crippen LogP contribution is 2.37. The minimum absolute atomic E-state index is 0.0614. The lowest BCUT2D eigenvalue weighted by atomic mass is 9.99. The Labute approximate surface area is 179 Å². The number of aryl methyl sites for hydroxylation is 1. The molecule has 31 heavy (non-hydrogen) atoms. The van der Waals surface area contributed by atoms with Gasteiger partial charge < -0.3 is 4.74 Å². The maximum atomic E-state index is 14.9. The number of hydrogen-bond donors (Lipinski definition) is 0. The molecule has 4 rings (SSSR count). The number of fused-ring (bicyclic) bond motifs is 2. The van der Waals surface area contributed by atoms with Crippen molar-refractivity contribution in [1.82, 2.24) is 19.0 Å². The third-order valence-corrected chi connectivity index (χ3v) is 6.50. The maximum absolute atomic E-state index is 14.9. The number of ether oxygens (including phenoxy) is 1. The highest BCUT2D eigenvalue weighted by molar-refractivity contribution is 5.15. The molecule has 7 nitrogen and oxygen atoms in total. The SMILES string of the molecule is Cc1nc(=O)n(C[C@@H](F)CN2C3CCC2CC(OCc2cccc(F)c2)C3)c(=O)n1C. The minimum Gasteiger partial charge on any atom is -0.373 e. The average Bonchev–Trinajstić information content (AvgIpc) is 2.95. The van der Waals surface area contributed by atoms with Crippen LogP contribution in [0.3, 0.4) is 0 Å². The second-order valence-electron chi connectivity index (χ2n) is 8.61. The fraction of sp³-hybridized carbons (Fsp3) is 0.591. The van der Waals surface area contributed by atoms with Crippen molar-refractivity contribution in [2.24, 2.45) is 7.05 Å². The molecule has 2 unspecified atom stereocenters. The zero-order valence-electron chi connectivity index (χ0n) is 17.8. The van der Waals surface area contributed by atoms with E-state index < -0.39 is 17.6 Å². The standard InChI is InChI=1S/C22H28F2N4O3/c1-14-25-21(29)28(22(30)26(14)2)12-17(24)11-27-18-6-7-19(27)10-20(9-18)31-13-15-4-3-5-16(23)8-15/h3-5,8,17-20H,6-7,9-13H2,1-2H3/t17-,18?,19?,20?/m0/s1. The van der Waals surface area contributed by atoms with Crippen molar-refractivity contribution in [2.45, 2.75) is 70.1 Å². The van der Waals surface area contributed by atoms with Crippen LogP contribution in [0.2, 0.25) is 0 Å². The molecule has 2 fully saturated rings. The number of aromatic nitrogens is 3. The van der Waals surface area contributed by atoms with Crippen LogP contribution in [0.15, 0.2) is 33.9 Å². The summed E-state index contributed by atoms with van der Waals surface area (Å²) < 4.78 is 36.4. The van der Waals surface area contributed by atoms with E-state index in [-0.39, 0.29) is 37.1 Å². The van der Waals surface area contributed by atoms with E-state index in [4.69, 9.17) is 4.74 Å². The third kappa shape index (κ3) is 4.77. The molecule has 1 aromatic heterocycles. The first-order valence-corrected chi connectivity index (χ1v) is 10.7. The zero-order valence-corrected chi connectivity index (χ0v) is 17.8. The van der Waals surface area contributed by atoms with Crippen LogP contribution in [0, 0.1) is 12.7 Å². The molecule has 2 aromatic rings. The zero-order chi connectivity index (χ0) is 22.1. The Morgan fingerprint density at radius 2 is 1.90 bits per heavy atom. The first-order valence-electron chi connectivity index (χ1n) is 10.7. The molecule has 0 spiro atoms. The number of nitrogens with zero attached hydrogens (tertiary/aromatic N) is 4. The number of alkyl halides is 1. The fourth-order valence-electron chi connectivity index (χ4n) is 4.82. The van der Waals surface area contributed by atoms with Gasteiger partial charge in [-0.15, -0.1) is 0 Å². The first-order chi connectivity index (χ1) is 14.8. The molecule has 1 aromatic carbocycles. The van der Waals surface area contributed by atoms with Crippen molar-refractivity contribution in [3.8, 4) is 0 Å². The molecule has 3 atom stereocenters. The largest absolute Gasteiger partial charge is 0.373 e. The van der Waals surface area contributed by atoms with Gasteiger partial charge in [0, 0.05) is 25.7 Å². The molecule has 0 radical (unpaired) electrons. The Hall–Kier alpha value is -2.39. The summed E-state index contributed by atoms with van der Waals surface area (Å²) in [5.74, 6) is 0.0303. The highest BCUT2D eigenvalue weighted by atomic mass is 19.1. The second kappa shape index (κ2) is 9.00. The average molecular weight is 434 g/mol. The molecule has 168 valence electrons. The van der Waals surface area contributed by atoms with Crippen LogP contribution in [-0.2, 0) is 24.9 Å². The second-order valence-corrected chi connectivity index (χ2v) is 8.61. The van der Waals surface area contributed by atoms with Crippen molar-refractivity contribution in [2.75, 3.05) is 6.54 Å². The molecular weight excluding hydrogens is 406 g/mol. The minimum atomic E-state index is -1.34. The molecule has 2 saturated heterocycles. The predicted octanol–water partition coefficient (Wildman–Crippen LogP) is 1.94. The normalized spacial score (nSPS) is 24.5.